The summed E-state index contributed by atoms with van der Waals surface area (Å²) in [6.45, 7) is 3.58. The first-order valence-electron chi connectivity index (χ1n) is 7.38. The quantitative estimate of drug-likeness (QED) is 0.889. The fraction of sp³-hybridized carbons (Fsp3) is 0.278. The maximum Gasteiger partial charge on any atom is 0.317 e. The highest BCUT2D eigenvalue weighted by molar-refractivity contribution is 5.73. The zero-order valence-corrected chi connectivity index (χ0v) is 13.1. The Labute approximate surface area is 131 Å². The summed E-state index contributed by atoms with van der Waals surface area (Å²) >= 11 is 0. The summed E-state index contributed by atoms with van der Waals surface area (Å²) in [5.41, 5.74) is 2.31. The van der Waals surface area contributed by atoms with E-state index in [-0.39, 0.29) is 6.03 Å². The van der Waals surface area contributed by atoms with Crippen molar-refractivity contribution < 1.29 is 9.53 Å². The Kier molecular flexibility index (Phi) is 5.83. The molecule has 0 aliphatic rings. The number of benzene rings is 2. The van der Waals surface area contributed by atoms with Gasteiger partial charge in [0.1, 0.15) is 12.4 Å². The third-order valence-corrected chi connectivity index (χ3v) is 3.48. The number of rotatable bonds is 6. The van der Waals surface area contributed by atoms with Gasteiger partial charge in [-0.05, 0) is 30.2 Å². The van der Waals surface area contributed by atoms with E-state index in [0.717, 1.165) is 11.3 Å². The van der Waals surface area contributed by atoms with Crippen LogP contribution >= 0.6 is 0 Å². The fourth-order valence-corrected chi connectivity index (χ4v) is 2.03. The molecule has 0 aliphatic carbocycles. The first-order valence-corrected chi connectivity index (χ1v) is 7.38. The van der Waals surface area contributed by atoms with Crippen LogP contribution in [0.1, 0.15) is 11.1 Å². The molecule has 0 saturated carbocycles. The van der Waals surface area contributed by atoms with Crippen LogP contribution in [0.5, 0.6) is 5.75 Å². The second-order valence-electron chi connectivity index (χ2n) is 5.17. The summed E-state index contributed by atoms with van der Waals surface area (Å²) < 4.78 is 5.59. The van der Waals surface area contributed by atoms with Crippen LogP contribution in [-0.4, -0.2) is 31.1 Å². The van der Waals surface area contributed by atoms with Crippen LogP contribution < -0.4 is 10.1 Å². The van der Waals surface area contributed by atoms with Crippen LogP contribution in [0.4, 0.5) is 4.79 Å². The summed E-state index contributed by atoms with van der Waals surface area (Å²) in [7, 11) is 1.77. The minimum absolute atomic E-state index is 0.0973. The van der Waals surface area contributed by atoms with Crippen molar-refractivity contribution in [2.75, 3.05) is 20.2 Å². The zero-order chi connectivity index (χ0) is 15.8. The molecule has 0 atom stereocenters. The van der Waals surface area contributed by atoms with Gasteiger partial charge in [0.25, 0.3) is 0 Å². The number of nitrogens with one attached hydrogen (secondary N) is 1. The first kappa shape index (κ1) is 15.9. The lowest BCUT2D eigenvalue weighted by molar-refractivity contribution is 0.195. The molecule has 0 bridgehead atoms. The minimum Gasteiger partial charge on any atom is -0.492 e. The lowest BCUT2D eigenvalue weighted by atomic mass is 10.1. The van der Waals surface area contributed by atoms with Crippen LogP contribution in [0, 0.1) is 6.92 Å². The van der Waals surface area contributed by atoms with Crippen LogP contribution in [0.25, 0.3) is 0 Å². The molecule has 1 N–H and O–H groups in total. The molecule has 0 unspecified atom stereocenters. The Morgan fingerprint density at radius 3 is 2.50 bits per heavy atom. The van der Waals surface area contributed by atoms with Gasteiger partial charge in [-0.3, -0.25) is 0 Å². The number of likely N-dealkylation sites (N-methyl/N-ethyl adjacent to an activating group) is 1. The molecule has 0 radical (unpaired) electrons. The average molecular weight is 298 g/mol. The van der Waals surface area contributed by atoms with Crippen molar-refractivity contribution in [3.63, 3.8) is 0 Å². The van der Waals surface area contributed by atoms with Crippen molar-refractivity contribution in [1.82, 2.24) is 10.2 Å². The molecule has 0 fully saturated rings. The largest absolute Gasteiger partial charge is 0.492 e. The Morgan fingerprint density at radius 1 is 1.09 bits per heavy atom. The topological polar surface area (TPSA) is 41.6 Å². The number of carbonyl (C=O) groups excluding carboxylic acids is 1. The normalized spacial score (nSPS) is 10.1. The molecule has 116 valence electrons. The third-order valence-electron chi connectivity index (χ3n) is 3.48. The molecule has 2 amide bonds. The highest BCUT2D eigenvalue weighted by Gasteiger charge is 2.08. The van der Waals surface area contributed by atoms with Crippen molar-refractivity contribution in [3.05, 3.63) is 65.7 Å². The number of urea groups is 1. The summed E-state index contributed by atoms with van der Waals surface area (Å²) in [6, 6.07) is 17.5. The Morgan fingerprint density at radius 2 is 1.77 bits per heavy atom. The summed E-state index contributed by atoms with van der Waals surface area (Å²) in [6.07, 6.45) is 0. The predicted molar refractivity (Wildman–Crippen MR) is 88.0 cm³/mol. The van der Waals surface area contributed by atoms with Gasteiger partial charge in [0.05, 0.1) is 6.54 Å². The number of aryl methyl sites for hydroxylation is 1. The highest BCUT2D eigenvalue weighted by Crippen LogP contribution is 2.08. The van der Waals surface area contributed by atoms with E-state index in [0.29, 0.717) is 19.7 Å². The SMILES string of the molecule is Cc1ccccc1CNC(=O)N(C)CCOc1ccccc1. The van der Waals surface area contributed by atoms with Gasteiger partial charge in [0, 0.05) is 13.6 Å². The molecular weight excluding hydrogens is 276 g/mol. The minimum atomic E-state index is -0.0973. The maximum absolute atomic E-state index is 12.0. The van der Waals surface area contributed by atoms with E-state index in [2.05, 4.69) is 5.32 Å². The lowest BCUT2D eigenvalue weighted by Crippen LogP contribution is -2.39. The summed E-state index contributed by atoms with van der Waals surface area (Å²) in [5, 5.41) is 2.92. The van der Waals surface area contributed by atoms with Crippen LogP contribution in [0.3, 0.4) is 0 Å². The molecular formula is C18H22N2O2. The van der Waals surface area contributed by atoms with Crippen LogP contribution in [0.15, 0.2) is 54.6 Å². The number of nitrogens with zero attached hydrogens (tertiary/aromatic N) is 1. The number of para-hydroxylation sites is 1. The fourth-order valence-electron chi connectivity index (χ4n) is 2.03. The first-order chi connectivity index (χ1) is 10.7. The second kappa shape index (κ2) is 8.08. The summed E-state index contributed by atoms with van der Waals surface area (Å²) in [4.78, 5) is 13.7. The molecule has 2 rings (SSSR count). The van der Waals surface area contributed by atoms with E-state index in [1.807, 2.05) is 61.5 Å². The van der Waals surface area contributed by atoms with Gasteiger partial charge in [-0.2, -0.15) is 0 Å². The number of hydrogen-bond donors (Lipinski definition) is 1. The Hall–Kier alpha value is -2.49. The molecule has 2 aromatic rings. The Bertz CT molecular complexity index is 599. The molecule has 22 heavy (non-hydrogen) atoms. The Balaban J connectivity index is 1.72. The number of amides is 2. The van der Waals surface area contributed by atoms with Gasteiger partial charge >= 0.3 is 6.03 Å². The number of hydrogen-bond acceptors (Lipinski definition) is 2. The molecule has 0 heterocycles. The maximum atomic E-state index is 12.0. The molecule has 0 aliphatic heterocycles. The number of ether oxygens (including phenoxy) is 1. The molecule has 4 nitrogen and oxygen atoms in total. The number of carbonyl (C=O) groups is 1. The van der Waals surface area contributed by atoms with E-state index in [1.54, 1.807) is 11.9 Å². The molecule has 0 spiro atoms. The van der Waals surface area contributed by atoms with Crippen LogP contribution in [-0.2, 0) is 6.54 Å². The van der Waals surface area contributed by atoms with Gasteiger partial charge in [-0.15, -0.1) is 0 Å². The molecule has 4 heteroatoms. The highest BCUT2D eigenvalue weighted by atomic mass is 16.5. The van der Waals surface area contributed by atoms with Gasteiger partial charge < -0.3 is 15.0 Å². The van der Waals surface area contributed by atoms with Gasteiger partial charge in [-0.25, -0.2) is 4.79 Å². The van der Waals surface area contributed by atoms with Crippen molar-refractivity contribution in [2.24, 2.45) is 0 Å². The van der Waals surface area contributed by atoms with E-state index < -0.39 is 0 Å². The predicted octanol–water partition coefficient (Wildman–Crippen LogP) is 3.22. The third kappa shape index (κ3) is 4.81. The standard InChI is InChI=1S/C18H22N2O2/c1-15-8-6-7-9-16(15)14-19-18(21)20(2)12-13-22-17-10-4-3-5-11-17/h3-11H,12-14H2,1-2H3,(H,19,21). The average Bonchev–Trinajstić information content (AvgIpc) is 2.54. The molecule has 0 aromatic heterocycles. The van der Waals surface area contributed by atoms with E-state index in [4.69, 9.17) is 4.74 Å². The van der Waals surface area contributed by atoms with Crippen LogP contribution in [0.2, 0.25) is 0 Å². The van der Waals surface area contributed by atoms with Gasteiger partial charge in [0.2, 0.25) is 0 Å². The van der Waals surface area contributed by atoms with Crippen molar-refractivity contribution in [2.45, 2.75) is 13.5 Å². The van der Waals surface area contributed by atoms with E-state index >= 15 is 0 Å². The van der Waals surface area contributed by atoms with Crippen molar-refractivity contribution in [3.8, 4) is 5.75 Å². The summed E-state index contributed by atoms with van der Waals surface area (Å²) in [5.74, 6) is 0.816. The second-order valence-corrected chi connectivity index (χ2v) is 5.17. The van der Waals surface area contributed by atoms with E-state index in [9.17, 15) is 4.79 Å². The van der Waals surface area contributed by atoms with Gasteiger partial charge in [-0.1, -0.05) is 42.5 Å². The molecule has 2 aromatic carbocycles. The zero-order valence-electron chi connectivity index (χ0n) is 13.1. The lowest BCUT2D eigenvalue weighted by Gasteiger charge is -2.18. The van der Waals surface area contributed by atoms with E-state index in [1.165, 1.54) is 5.56 Å². The van der Waals surface area contributed by atoms with Crippen molar-refractivity contribution in [1.29, 1.82) is 0 Å². The van der Waals surface area contributed by atoms with Crippen molar-refractivity contribution >= 4 is 6.03 Å². The molecule has 0 saturated heterocycles. The van der Waals surface area contributed by atoms with Gasteiger partial charge in [0.15, 0.2) is 0 Å². The monoisotopic (exact) mass is 298 g/mol. The smallest absolute Gasteiger partial charge is 0.317 e.